The Hall–Kier alpha value is -0.120. The van der Waals surface area contributed by atoms with Crippen LogP contribution in [0.2, 0.25) is 0 Å². The van der Waals surface area contributed by atoms with Gasteiger partial charge in [-0.1, -0.05) is 26.7 Å². The molecule has 0 saturated carbocycles. The lowest BCUT2D eigenvalue weighted by Gasteiger charge is -2.34. The van der Waals surface area contributed by atoms with E-state index in [-0.39, 0.29) is 0 Å². The van der Waals surface area contributed by atoms with E-state index in [9.17, 15) is 0 Å². The van der Waals surface area contributed by atoms with E-state index in [2.05, 4.69) is 23.6 Å². The number of ether oxygens (including phenoxy) is 1. The normalized spacial score (nSPS) is 19.7. The van der Waals surface area contributed by atoms with E-state index in [0.29, 0.717) is 0 Å². The molecule has 0 radical (unpaired) electrons. The molecule has 3 nitrogen and oxygen atoms in total. The van der Waals surface area contributed by atoms with Crippen molar-refractivity contribution >= 4 is 0 Å². The van der Waals surface area contributed by atoms with Crippen LogP contribution in [0.5, 0.6) is 0 Å². The fourth-order valence-electron chi connectivity index (χ4n) is 3.05. The molecule has 1 rings (SSSR count). The Labute approximate surface area is 120 Å². The summed E-state index contributed by atoms with van der Waals surface area (Å²) in [6.45, 7) is 13.1. The summed E-state index contributed by atoms with van der Waals surface area (Å²) in [6, 6.07) is 0. The van der Waals surface area contributed by atoms with Crippen LogP contribution in [-0.2, 0) is 4.74 Å². The van der Waals surface area contributed by atoms with Gasteiger partial charge in [-0.25, -0.2) is 0 Å². The quantitative estimate of drug-likeness (QED) is 0.568. The van der Waals surface area contributed by atoms with E-state index < -0.39 is 0 Å². The topological polar surface area (TPSA) is 15.7 Å². The van der Waals surface area contributed by atoms with E-state index in [1.165, 1.54) is 71.4 Å². The second-order valence-corrected chi connectivity index (χ2v) is 5.88. The third-order valence-electron chi connectivity index (χ3n) is 4.35. The van der Waals surface area contributed by atoms with Gasteiger partial charge in [-0.3, -0.25) is 0 Å². The van der Waals surface area contributed by atoms with Crippen molar-refractivity contribution in [2.45, 2.75) is 46.0 Å². The van der Waals surface area contributed by atoms with E-state index in [1.807, 2.05) is 7.11 Å². The molecule has 114 valence electrons. The van der Waals surface area contributed by atoms with Gasteiger partial charge < -0.3 is 14.5 Å². The van der Waals surface area contributed by atoms with E-state index >= 15 is 0 Å². The van der Waals surface area contributed by atoms with E-state index in [0.717, 1.165) is 12.5 Å². The summed E-state index contributed by atoms with van der Waals surface area (Å²) in [5.74, 6) is 0.784. The zero-order valence-corrected chi connectivity index (χ0v) is 13.4. The second kappa shape index (κ2) is 10.6. The predicted octanol–water partition coefficient (Wildman–Crippen LogP) is 2.86. The van der Waals surface area contributed by atoms with Crippen LogP contribution in [0, 0.1) is 5.92 Å². The predicted molar refractivity (Wildman–Crippen MR) is 82.7 cm³/mol. The van der Waals surface area contributed by atoms with Gasteiger partial charge in [0.15, 0.2) is 0 Å². The Morgan fingerprint density at radius 3 is 2.21 bits per heavy atom. The number of nitrogens with zero attached hydrogens (tertiary/aromatic N) is 2. The van der Waals surface area contributed by atoms with E-state index in [1.54, 1.807) is 0 Å². The zero-order valence-electron chi connectivity index (χ0n) is 13.4. The molecule has 0 unspecified atom stereocenters. The zero-order chi connectivity index (χ0) is 13.9. The number of unbranched alkanes of at least 4 members (excludes halogenated alkanes) is 1. The molecule has 1 atom stereocenters. The summed E-state index contributed by atoms with van der Waals surface area (Å²) in [4.78, 5) is 5.18. The van der Waals surface area contributed by atoms with Gasteiger partial charge in [0, 0.05) is 39.9 Å². The minimum Gasteiger partial charge on any atom is -0.384 e. The molecule has 0 aromatic rings. The largest absolute Gasteiger partial charge is 0.384 e. The van der Waals surface area contributed by atoms with Crippen molar-refractivity contribution < 1.29 is 4.74 Å². The van der Waals surface area contributed by atoms with Gasteiger partial charge in [-0.15, -0.1) is 0 Å². The fourth-order valence-corrected chi connectivity index (χ4v) is 3.05. The number of hydrogen-bond acceptors (Lipinski definition) is 3. The van der Waals surface area contributed by atoms with Crippen LogP contribution in [0.1, 0.15) is 46.0 Å². The molecule has 0 amide bonds. The number of piperazine rings is 1. The SMILES string of the molecule is CCC[C@H](CCCCN1CCN(CC)CC1)COC. The highest BCUT2D eigenvalue weighted by atomic mass is 16.5. The van der Waals surface area contributed by atoms with Crippen molar-refractivity contribution in [1.29, 1.82) is 0 Å². The van der Waals surface area contributed by atoms with Crippen LogP contribution in [0.3, 0.4) is 0 Å². The molecule has 1 heterocycles. The third kappa shape index (κ3) is 7.28. The van der Waals surface area contributed by atoms with Crippen molar-refractivity contribution in [1.82, 2.24) is 9.80 Å². The lowest BCUT2D eigenvalue weighted by Crippen LogP contribution is -2.46. The molecule has 0 spiro atoms. The molecule has 0 aliphatic carbocycles. The molecular weight excluding hydrogens is 236 g/mol. The first kappa shape index (κ1) is 16.9. The second-order valence-electron chi connectivity index (χ2n) is 5.88. The summed E-state index contributed by atoms with van der Waals surface area (Å²) in [6.07, 6.45) is 6.67. The highest BCUT2D eigenvalue weighted by molar-refractivity contribution is 4.71. The van der Waals surface area contributed by atoms with Crippen molar-refractivity contribution in [3.8, 4) is 0 Å². The maximum Gasteiger partial charge on any atom is 0.0490 e. The van der Waals surface area contributed by atoms with Crippen LogP contribution >= 0.6 is 0 Å². The molecule has 0 aromatic carbocycles. The Morgan fingerprint density at radius 1 is 0.947 bits per heavy atom. The fraction of sp³-hybridized carbons (Fsp3) is 1.00. The number of hydrogen-bond donors (Lipinski definition) is 0. The summed E-state index contributed by atoms with van der Waals surface area (Å²) in [5, 5.41) is 0. The molecule has 1 fully saturated rings. The van der Waals surface area contributed by atoms with Gasteiger partial charge in [0.25, 0.3) is 0 Å². The van der Waals surface area contributed by atoms with Crippen molar-refractivity contribution in [3.05, 3.63) is 0 Å². The van der Waals surface area contributed by atoms with Gasteiger partial charge in [-0.05, 0) is 38.3 Å². The molecule has 3 heteroatoms. The summed E-state index contributed by atoms with van der Waals surface area (Å²) >= 11 is 0. The van der Waals surface area contributed by atoms with Crippen LogP contribution in [0.25, 0.3) is 0 Å². The Balaban J connectivity index is 2.03. The van der Waals surface area contributed by atoms with Crippen molar-refractivity contribution in [2.75, 3.05) is 53.0 Å². The Kier molecular flexibility index (Phi) is 9.48. The van der Waals surface area contributed by atoms with Crippen LogP contribution < -0.4 is 0 Å². The average Bonchev–Trinajstić information content (AvgIpc) is 2.44. The first-order valence-corrected chi connectivity index (χ1v) is 8.23. The standard InChI is InChI=1S/C16H34N2O/c1-4-8-16(15-19-3)9-6-7-10-18-13-11-17(5-2)12-14-18/h16H,4-15H2,1-3H3/t16-/m1/s1. The average molecular weight is 270 g/mol. The summed E-state index contributed by atoms with van der Waals surface area (Å²) < 4.78 is 5.31. The highest BCUT2D eigenvalue weighted by Crippen LogP contribution is 2.15. The van der Waals surface area contributed by atoms with Crippen molar-refractivity contribution in [3.63, 3.8) is 0 Å². The highest BCUT2D eigenvalue weighted by Gasteiger charge is 2.15. The molecule has 19 heavy (non-hydrogen) atoms. The lowest BCUT2D eigenvalue weighted by molar-refractivity contribution is 0.128. The monoisotopic (exact) mass is 270 g/mol. The smallest absolute Gasteiger partial charge is 0.0490 e. The van der Waals surface area contributed by atoms with Crippen LogP contribution in [-0.4, -0.2) is 62.8 Å². The third-order valence-corrected chi connectivity index (χ3v) is 4.35. The first-order chi connectivity index (χ1) is 9.30. The van der Waals surface area contributed by atoms with Gasteiger partial charge in [0.2, 0.25) is 0 Å². The first-order valence-electron chi connectivity index (χ1n) is 8.23. The molecule has 0 N–H and O–H groups in total. The lowest BCUT2D eigenvalue weighted by atomic mass is 9.98. The van der Waals surface area contributed by atoms with Gasteiger partial charge in [0.1, 0.15) is 0 Å². The molecule has 0 aromatic heterocycles. The minimum absolute atomic E-state index is 0.784. The number of rotatable bonds is 10. The maximum atomic E-state index is 5.31. The number of methoxy groups -OCH3 is 1. The maximum absolute atomic E-state index is 5.31. The Morgan fingerprint density at radius 2 is 1.63 bits per heavy atom. The van der Waals surface area contributed by atoms with Crippen LogP contribution in [0.4, 0.5) is 0 Å². The summed E-state index contributed by atoms with van der Waals surface area (Å²) in [7, 11) is 1.83. The summed E-state index contributed by atoms with van der Waals surface area (Å²) in [5.41, 5.74) is 0. The van der Waals surface area contributed by atoms with Gasteiger partial charge in [-0.2, -0.15) is 0 Å². The molecule has 0 bridgehead atoms. The minimum atomic E-state index is 0.784. The van der Waals surface area contributed by atoms with Crippen molar-refractivity contribution in [2.24, 2.45) is 5.92 Å². The Bertz CT molecular complexity index is 197. The molecule has 1 aliphatic heterocycles. The van der Waals surface area contributed by atoms with Gasteiger partial charge >= 0.3 is 0 Å². The van der Waals surface area contributed by atoms with Gasteiger partial charge in [0.05, 0.1) is 0 Å². The van der Waals surface area contributed by atoms with E-state index in [4.69, 9.17) is 4.74 Å². The van der Waals surface area contributed by atoms with Crippen LogP contribution in [0.15, 0.2) is 0 Å². The number of likely N-dealkylation sites (N-methyl/N-ethyl adjacent to an activating group) is 1. The molecule has 1 saturated heterocycles. The molecule has 1 aliphatic rings. The molecular formula is C16H34N2O.